The Hall–Kier alpha value is -2.52. The van der Waals surface area contributed by atoms with Crippen molar-refractivity contribution < 1.29 is 22.5 Å². The third-order valence-corrected chi connectivity index (χ3v) is 4.85. The van der Waals surface area contributed by atoms with Crippen LogP contribution in [-0.4, -0.2) is 31.1 Å². The first-order chi connectivity index (χ1) is 12.4. The number of hydrogen-bond acceptors (Lipinski definition) is 7. The average molecular weight is 379 g/mol. The Balaban J connectivity index is 2.04. The Morgan fingerprint density at radius 1 is 1.38 bits per heavy atom. The number of rotatable bonds is 9. The molecule has 140 valence electrons. The molecule has 26 heavy (non-hydrogen) atoms. The number of esters is 1. The van der Waals surface area contributed by atoms with Crippen LogP contribution in [0.5, 0.6) is 0 Å². The topological polar surface area (TPSA) is 111 Å². The number of ether oxygens (including phenoxy) is 1. The minimum atomic E-state index is -3.64. The summed E-state index contributed by atoms with van der Waals surface area (Å²) in [5.41, 5.74) is 0.216. The molecule has 1 atom stereocenters. The zero-order valence-corrected chi connectivity index (χ0v) is 15.5. The van der Waals surface area contributed by atoms with Gasteiger partial charge in [-0.15, -0.1) is 6.58 Å². The molecule has 1 aromatic carbocycles. The van der Waals surface area contributed by atoms with Gasteiger partial charge >= 0.3 is 5.97 Å². The largest absolute Gasteiger partial charge is 0.449 e. The number of aromatic nitrogens is 2. The van der Waals surface area contributed by atoms with E-state index in [1.807, 2.05) is 6.92 Å². The lowest BCUT2D eigenvalue weighted by Gasteiger charge is -2.10. The molecule has 0 spiro atoms. The molecule has 2 aromatic rings. The number of hydrogen-bond donors (Lipinski definition) is 1. The summed E-state index contributed by atoms with van der Waals surface area (Å²) in [7, 11) is -3.64. The van der Waals surface area contributed by atoms with Crippen LogP contribution in [0.1, 0.15) is 48.4 Å². The number of aryl methyl sites for hydroxylation is 1. The Morgan fingerprint density at radius 2 is 2.08 bits per heavy atom. The molecule has 0 aliphatic rings. The lowest BCUT2D eigenvalue weighted by molar-refractivity contribution is 0.0265. The van der Waals surface area contributed by atoms with Crippen LogP contribution < -0.4 is 4.72 Å². The predicted octanol–water partition coefficient (Wildman–Crippen LogP) is 2.40. The monoisotopic (exact) mass is 379 g/mol. The summed E-state index contributed by atoms with van der Waals surface area (Å²) in [5.74, 6) is 0.164. The molecule has 0 bridgehead atoms. The van der Waals surface area contributed by atoms with E-state index >= 15 is 0 Å². The first-order valence-corrected chi connectivity index (χ1v) is 9.59. The van der Waals surface area contributed by atoms with E-state index in [-0.39, 0.29) is 22.9 Å². The van der Waals surface area contributed by atoms with Crippen molar-refractivity contribution in [2.45, 2.75) is 37.7 Å². The number of nitrogens with zero attached hydrogens (tertiary/aromatic N) is 2. The standard InChI is InChI=1S/C17H21N3O5S/c1-4-6-15-19-16(25-20-15)12(3)24-17(21)13-7-9-14(10-8-13)26(22,23)18-11-5-2/h5,7-10,12,18H,2,4,6,11H2,1,3H3. The lowest BCUT2D eigenvalue weighted by Crippen LogP contribution is -2.23. The molecule has 0 fully saturated rings. The van der Waals surface area contributed by atoms with Gasteiger partial charge in [-0.2, -0.15) is 4.98 Å². The van der Waals surface area contributed by atoms with Gasteiger partial charge in [0.25, 0.3) is 5.89 Å². The van der Waals surface area contributed by atoms with Crippen LogP contribution in [0.2, 0.25) is 0 Å². The van der Waals surface area contributed by atoms with E-state index in [1.165, 1.54) is 30.3 Å². The quantitative estimate of drug-likeness (QED) is 0.526. The molecule has 9 heteroatoms. The van der Waals surface area contributed by atoms with Gasteiger partial charge in [0.15, 0.2) is 11.9 Å². The fourth-order valence-electron chi connectivity index (χ4n) is 2.06. The van der Waals surface area contributed by atoms with Gasteiger partial charge in [0.05, 0.1) is 10.5 Å². The highest BCUT2D eigenvalue weighted by Gasteiger charge is 2.20. The van der Waals surface area contributed by atoms with Crippen molar-refractivity contribution in [2.24, 2.45) is 0 Å². The molecule has 0 aliphatic carbocycles. The molecule has 0 radical (unpaired) electrons. The van der Waals surface area contributed by atoms with Gasteiger partial charge in [0, 0.05) is 13.0 Å². The number of carbonyl (C=O) groups is 1. The molecule has 0 saturated carbocycles. The summed E-state index contributed by atoms with van der Waals surface area (Å²) in [6, 6.07) is 5.43. The minimum absolute atomic E-state index is 0.0463. The molecule has 0 aliphatic heterocycles. The van der Waals surface area contributed by atoms with Crippen LogP contribution >= 0.6 is 0 Å². The van der Waals surface area contributed by atoms with Crippen LogP contribution in [0, 0.1) is 0 Å². The number of sulfonamides is 1. The summed E-state index contributed by atoms with van der Waals surface area (Å²) in [4.78, 5) is 16.4. The Kier molecular flexibility index (Phi) is 6.64. The van der Waals surface area contributed by atoms with Gasteiger partial charge in [-0.3, -0.25) is 0 Å². The van der Waals surface area contributed by atoms with Gasteiger partial charge in [0.1, 0.15) is 0 Å². The van der Waals surface area contributed by atoms with Crippen LogP contribution in [-0.2, 0) is 21.2 Å². The lowest BCUT2D eigenvalue weighted by atomic mass is 10.2. The van der Waals surface area contributed by atoms with Crippen LogP contribution in [0.3, 0.4) is 0 Å². The highest BCUT2D eigenvalue weighted by molar-refractivity contribution is 7.89. The minimum Gasteiger partial charge on any atom is -0.449 e. The Bertz CT molecular complexity index is 859. The summed E-state index contributed by atoms with van der Waals surface area (Å²) in [6.07, 6.45) is 2.29. The normalized spacial score (nSPS) is 12.5. The molecule has 8 nitrogen and oxygen atoms in total. The number of nitrogens with one attached hydrogen (secondary N) is 1. The van der Waals surface area contributed by atoms with Crippen molar-refractivity contribution in [3.8, 4) is 0 Å². The number of benzene rings is 1. The maximum absolute atomic E-state index is 12.2. The predicted molar refractivity (Wildman–Crippen MR) is 94.0 cm³/mol. The zero-order chi connectivity index (χ0) is 19.2. The van der Waals surface area contributed by atoms with Gasteiger partial charge in [-0.05, 0) is 37.6 Å². The number of carbonyl (C=O) groups excluding carboxylic acids is 1. The second-order valence-corrected chi connectivity index (χ2v) is 7.28. The second-order valence-electron chi connectivity index (χ2n) is 5.51. The maximum atomic E-state index is 12.2. The summed E-state index contributed by atoms with van der Waals surface area (Å²) >= 11 is 0. The van der Waals surface area contributed by atoms with Crippen molar-refractivity contribution in [2.75, 3.05) is 6.54 Å². The summed E-state index contributed by atoms with van der Waals surface area (Å²) in [6.45, 7) is 7.19. The molecule has 1 N–H and O–H groups in total. The first kappa shape index (κ1) is 19.8. The van der Waals surface area contributed by atoms with Crippen molar-refractivity contribution >= 4 is 16.0 Å². The molecule has 0 amide bonds. The van der Waals surface area contributed by atoms with Crippen molar-refractivity contribution in [3.63, 3.8) is 0 Å². The molecule has 0 saturated heterocycles. The Morgan fingerprint density at radius 3 is 2.69 bits per heavy atom. The smallest absolute Gasteiger partial charge is 0.338 e. The molecule has 2 rings (SSSR count). The van der Waals surface area contributed by atoms with E-state index in [0.717, 1.165) is 6.42 Å². The van der Waals surface area contributed by atoms with Gasteiger partial charge in [-0.25, -0.2) is 17.9 Å². The zero-order valence-electron chi connectivity index (χ0n) is 14.6. The fourth-order valence-corrected chi connectivity index (χ4v) is 3.06. The Labute approximate surface area is 152 Å². The molecular weight excluding hydrogens is 358 g/mol. The first-order valence-electron chi connectivity index (χ1n) is 8.11. The van der Waals surface area contributed by atoms with Crippen molar-refractivity contribution in [1.29, 1.82) is 0 Å². The second kappa shape index (κ2) is 8.72. The van der Waals surface area contributed by atoms with E-state index in [0.29, 0.717) is 12.2 Å². The van der Waals surface area contributed by atoms with Crippen molar-refractivity contribution in [1.82, 2.24) is 14.9 Å². The van der Waals surface area contributed by atoms with Crippen molar-refractivity contribution in [3.05, 3.63) is 54.2 Å². The third-order valence-electron chi connectivity index (χ3n) is 3.41. The van der Waals surface area contributed by atoms with E-state index in [2.05, 4.69) is 21.4 Å². The van der Waals surface area contributed by atoms with Gasteiger partial charge in [0.2, 0.25) is 10.0 Å². The van der Waals surface area contributed by atoms with Crippen LogP contribution in [0.4, 0.5) is 0 Å². The maximum Gasteiger partial charge on any atom is 0.338 e. The summed E-state index contributed by atoms with van der Waals surface area (Å²) in [5, 5.41) is 3.81. The van der Waals surface area contributed by atoms with Crippen LogP contribution in [0.25, 0.3) is 0 Å². The molecular formula is C17H21N3O5S. The summed E-state index contributed by atoms with van der Waals surface area (Å²) < 4.78 is 36.7. The van der Waals surface area contributed by atoms with Crippen LogP contribution in [0.15, 0.2) is 46.3 Å². The average Bonchev–Trinajstić information content (AvgIpc) is 3.09. The SMILES string of the molecule is C=CCNS(=O)(=O)c1ccc(C(=O)OC(C)c2nc(CCC)no2)cc1. The van der Waals surface area contributed by atoms with E-state index in [9.17, 15) is 13.2 Å². The highest BCUT2D eigenvalue weighted by Crippen LogP contribution is 2.18. The van der Waals surface area contributed by atoms with E-state index in [4.69, 9.17) is 9.26 Å². The molecule has 1 heterocycles. The van der Waals surface area contributed by atoms with Gasteiger partial charge < -0.3 is 9.26 Å². The molecule has 1 aromatic heterocycles. The third kappa shape index (κ3) is 4.99. The van der Waals surface area contributed by atoms with E-state index < -0.39 is 22.1 Å². The fraction of sp³-hybridized carbons (Fsp3) is 0.353. The van der Waals surface area contributed by atoms with Gasteiger partial charge in [-0.1, -0.05) is 18.2 Å². The van der Waals surface area contributed by atoms with E-state index in [1.54, 1.807) is 6.92 Å². The highest BCUT2D eigenvalue weighted by atomic mass is 32.2. The molecule has 1 unspecified atom stereocenters.